The summed E-state index contributed by atoms with van der Waals surface area (Å²) in [5.74, 6) is 0. The van der Waals surface area contributed by atoms with Gasteiger partial charge in [0.2, 0.25) is 0 Å². The number of nitrogens with two attached hydrogens (primary N) is 1. The summed E-state index contributed by atoms with van der Waals surface area (Å²) in [6.45, 7) is 0. The molecule has 1 aromatic carbocycles. The molecule has 2 N–H and O–H groups in total. The highest BCUT2D eigenvalue weighted by Gasteiger charge is 2.34. The summed E-state index contributed by atoms with van der Waals surface area (Å²) in [7, 11) is 0. The maximum atomic E-state index is 6.14. The van der Waals surface area contributed by atoms with E-state index in [0.717, 1.165) is 18.4 Å². The Balaban J connectivity index is 0.000000980. The Hall–Kier alpha value is 0.0500. The average molecular weight is 253 g/mol. The van der Waals surface area contributed by atoms with Crippen molar-refractivity contribution in [3.63, 3.8) is 0 Å². The fourth-order valence-electron chi connectivity index (χ4n) is 1.65. The van der Waals surface area contributed by atoms with Crippen LogP contribution in [-0.4, -0.2) is 0 Å². The van der Waals surface area contributed by atoms with E-state index in [1.807, 2.05) is 18.2 Å². The first-order valence-corrected chi connectivity index (χ1v) is 5.12. The minimum atomic E-state index is -0.145. The van der Waals surface area contributed by atoms with Crippen LogP contribution in [0.25, 0.3) is 0 Å². The van der Waals surface area contributed by atoms with Crippen LogP contribution >= 0.6 is 35.6 Å². The van der Waals surface area contributed by atoms with E-state index in [-0.39, 0.29) is 17.9 Å². The monoisotopic (exact) mass is 251 g/mol. The Morgan fingerprint density at radius 2 is 1.79 bits per heavy atom. The molecule has 0 spiro atoms. The number of hydrogen-bond acceptors (Lipinski definition) is 1. The lowest BCUT2D eigenvalue weighted by Gasteiger charge is -2.38. The highest BCUT2D eigenvalue weighted by Crippen LogP contribution is 2.40. The first-order valence-electron chi connectivity index (χ1n) is 4.36. The molecule has 14 heavy (non-hydrogen) atoms. The van der Waals surface area contributed by atoms with Gasteiger partial charge in [0.1, 0.15) is 0 Å². The SMILES string of the molecule is Cl.NC1(c2ccc(Cl)c(Cl)c2)CCC1. The van der Waals surface area contributed by atoms with Crippen molar-refractivity contribution >= 4 is 35.6 Å². The largest absolute Gasteiger partial charge is 0.321 e. The molecule has 1 aliphatic rings. The molecule has 0 amide bonds. The lowest BCUT2D eigenvalue weighted by Crippen LogP contribution is -2.43. The van der Waals surface area contributed by atoms with Gasteiger partial charge >= 0.3 is 0 Å². The van der Waals surface area contributed by atoms with Gasteiger partial charge in [0.05, 0.1) is 10.0 Å². The van der Waals surface area contributed by atoms with Crippen molar-refractivity contribution in [1.82, 2.24) is 0 Å². The highest BCUT2D eigenvalue weighted by atomic mass is 35.5. The maximum absolute atomic E-state index is 6.14. The second kappa shape index (κ2) is 4.28. The third-order valence-corrected chi connectivity index (χ3v) is 3.48. The summed E-state index contributed by atoms with van der Waals surface area (Å²) in [5, 5.41) is 1.18. The number of benzene rings is 1. The summed E-state index contributed by atoms with van der Waals surface area (Å²) < 4.78 is 0. The normalized spacial score (nSPS) is 18.2. The van der Waals surface area contributed by atoms with Gasteiger partial charge < -0.3 is 5.73 Å². The van der Waals surface area contributed by atoms with Crippen LogP contribution in [0.1, 0.15) is 24.8 Å². The zero-order chi connectivity index (χ0) is 9.47. The number of halogens is 3. The lowest BCUT2D eigenvalue weighted by atomic mass is 9.73. The molecular formula is C10H12Cl3N. The minimum absolute atomic E-state index is 0. The van der Waals surface area contributed by atoms with Crippen molar-refractivity contribution in [3.8, 4) is 0 Å². The van der Waals surface area contributed by atoms with Crippen LogP contribution in [0.15, 0.2) is 18.2 Å². The van der Waals surface area contributed by atoms with Crippen LogP contribution in [0.2, 0.25) is 10.0 Å². The molecule has 1 fully saturated rings. The summed E-state index contributed by atoms with van der Waals surface area (Å²) in [5.41, 5.74) is 7.10. The second-order valence-corrected chi connectivity index (χ2v) is 4.45. The standard InChI is InChI=1S/C10H11Cl2N.ClH/c11-8-3-2-7(6-9(8)12)10(13)4-1-5-10;/h2-3,6H,1,4-5,13H2;1H. The van der Waals surface area contributed by atoms with Crippen LogP contribution < -0.4 is 5.73 Å². The number of rotatable bonds is 1. The molecule has 0 bridgehead atoms. The number of hydrogen-bond donors (Lipinski definition) is 1. The Labute approximate surface area is 100.0 Å². The molecule has 78 valence electrons. The Morgan fingerprint density at radius 1 is 1.14 bits per heavy atom. The van der Waals surface area contributed by atoms with E-state index in [1.165, 1.54) is 6.42 Å². The van der Waals surface area contributed by atoms with Crippen molar-refractivity contribution in [2.24, 2.45) is 5.73 Å². The summed E-state index contributed by atoms with van der Waals surface area (Å²) >= 11 is 11.7. The first kappa shape index (κ1) is 12.1. The van der Waals surface area contributed by atoms with Crippen LogP contribution in [0.3, 0.4) is 0 Å². The van der Waals surface area contributed by atoms with Crippen molar-refractivity contribution < 1.29 is 0 Å². The second-order valence-electron chi connectivity index (χ2n) is 3.64. The van der Waals surface area contributed by atoms with Gasteiger partial charge in [-0.1, -0.05) is 29.3 Å². The molecule has 0 aromatic heterocycles. The topological polar surface area (TPSA) is 26.0 Å². The maximum Gasteiger partial charge on any atom is 0.0595 e. The molecule has 0 unspecified atom stereocenters. The van der Waals surface area contributed by atoms with E-state index >= 15 is 0 Å². The van der Waals surface area contributed by atoms with Crippen molar-refractivity contribution in [2.45, 2.75) is 24.8 Å². The van der Waals surface area contributed by atoms with Crippen LogP contribution in [0.4, 0.5) is 0 Å². The summed E-state index contributed by atoms with van der Waals surface area (Å²) in [6, 6.07) is 5.66. The molecule has 2 rings (SSSR count). The van der Waals surface area contributed by atoms with Gasteiger partial charge in [0.25, 0.3) is 0 Å². The Bertz CT molecular complexity index is 334. The lowest BCUT2D eigenvalue weighted by molar-refractivity contribution is 0.253. The van der Waals surface area contributed by atoms with Gasteiger partial charge in [-0.05, 0) is 37.0 Å². The van der Waals surface area contributed by atoms with Gasteiger partial charge in [-0.15, -0.1) is 12.4 Å². The van der Waals surface area contributed by atoms with E-state index in [1.54, 1.807) is 0 Å². The van der Waals surface area contributed by atoms with Crippen molar-refractivity contribution in [1.29, 1.82) is 0 Å². The van der Waals surface area contributed by atoms with Crippen LogP contribution in [-0.2, 0) is 5.54 Å². The molecule has 0 saturated heterocycles. The fraction of sp³-hybridized carbons (Fsp3) is 0.400. The molecule has 0 heterocycles. The van der Waals surface area contributed by atoms with E-state index < -0.39 is 0 Å². The molecule has 0 atom stereocenters. The molecular weight excluding hydrogens is 240 g/mol. The van der Waals surface area contributed by atoms with Crippen molar-refractivity contribution in [2.75, 3.05) is 0 Å². The van der Waals surface area contributed by atoms with E-state index in [0.29, 0.717) is 10.0 Å². The van der Waals surface area contributed by atoms with Gasteiger partial charge in [0.15, 0.2) is 0 Å². The molecule has 1 saturated carbocycles. The third kappa shape index (κ3) is 2.01. The smallest absolute Gasteiger partial charge is 0.0595 e. The van der Waals surface area contributed by atoms with Crippen LogP contribution in [0, 0.1) is 0 Å². The summed E-state index contributed by atoms with van der Waals surface area (Å²) in [4.78, 5) is 0. The average Bonchev–Trinajstić information content (AvgIpc) is 2.06. The third-order valence-electron chi connectivity index (χ3n) is 2.74. The highest BCUT2D eigenvalue weighted by molar-refractivity contribution is 6.42. The zero-order valence-corrected chi connectivity index (χ0v) is 9.92. The van der Waals surface area contributed by atoms with E-state index in [2.05, 4.69) is 0 Å². The van der Waals surface area contributed by atoms with Gasteiger partial charge in [0, 0.05) is 5.54 Å². The summed E-state index contributed by atoms with van der Waals surface area (Å²) in [6.07, 6.45) is 3.30. The zero-order valence-electron chi connectivity index (χ0n) is 7.59. The Morgan fingerprint density at radius 3 is 2.21 bits per heavy atom. The quantitative estimate of drug-likeness (QED) is 0.809. The van der Waals surface area contributed by atoms with E-state index in [4.69, 9.17) is 28.9 Å². The van der Waals surface area contributed by atoms with Gasteiger partial charge in [-0.25, -0.2) is 0 Å². The molecule has 1 aliphatic carbocycles. The Kier molecular flexibility index (Phi) is 3.70. The predicted octanol–water partition coefficient (Wildman–Crippen LogP) is 3.75. The molecule has 0 aliphatic heterocycles. The van der Waals surface area contributed by atoms with Gasteiger partial charge in [-0.3, -0.25) is 0 Å². The fourth-order valence-corrected chi connectivity index (χ4v) is 1.95. The van der Waals surface area contributed by atoms with Gasteiger partial charge in [-0.2, -0.15) is 0 Å². The predicted molar refractivity (Wildman–Crippen MR) is 63.4 cm³/mol. The molecule has 1 aromatic rings. The minimum Gasteiger partial charge on any atom is -0.321 e. The molecule has 0 radical (unpaired) electrons. The van der Waals surface area contributed by atoms with Crippen LogP contribution in [0.5, 0.6) is 0 Å². The van der Waals surface area contributed by atoms with E-state index in [9.17, 15) is 0 Å². The van der Waals surface area contributed by atoms with Crippen molar-refractivity contribution in [3.05, 3.63) is 33.8 Å². The molecule has 4 heteroatoms. The molecule has 1 nitrogen and oxygen atoms in total. The first-order chi connectivity index (χ1) is 6.12.